The minimum Gasteiger partial charge on any atom is -0.481 e. The second-order valence-electron chi connectivity index (χ2n) is 4.22. The van der Waals surface area contributed by atoms with Crippen LogP contribution < -0.4 is 10.6 Å². The van der Waals surface area contributed by atoms with Gasteiger partial charge < -0.3 is 20.5 Å². The minimum atomic E-state index is -0.803. The molecule has 6 heteroatoms. The first kappa shape index (κ1) is 16.7. The number of carbonyl (C=O) groups excluding carboxylic acids is 1. The van der Waals surface area contributed by atoms with Gasteiger partial charge in [0, 0.05) is 32.7 Å². The van der Waals surface area contributed by atoms with Gasteiger partial charge in [-0.25, -0.2) is 4.79 Å². The molecule has 0 spiro atoms. The summed E-state index contributed by atoms with van der Waals surface area (Å²) in [6.07, 6.45) is 1.49. The monoisotopic (exact) mass is 260 g/mol. The van der Waals surface area contributed by atoms with Crippen molar-refractivity contribution in [2.45, 2.75) is 33.1 Å². The van der Waals surface area contributed by atoms with Crippen LogP contribution in [0.15, 0.2) is 0 Å². The molecule has 0 aliphatic heterocycles. The maximum absolute atomic E-state index is 11.3. The highest BCUT2D eigenvalue weighted by molar-refractivity contribution is 5.73. The summed E-state index contributed by atoms with van der Waals surface area (Å²) >= 11 is 0. The summed E-state index contributed by atoms with van der Waals surface area (Å²) in [7, 11) is 0. The average Bonchev–Trinajstić information content (AvgIpc) is 2.33. The molecule has 2 amide bonds. The number of carbonyl (C=O) groups is 2. The van der Waals surface area contributed by atoms with Gasteiger partial charge in [0.2, 0.25) is 0 Å². The van der Waals surface area contributed by atoms with Gasteiger partial charge in [-0.1, -0.05) is 6.92 Å². The summed E-state index contributed by atoms with van der Waals surface area (Å²) in [5.41, 5.74) is 0. The Kier molecular flexibility index (Phi) is 10.0. The number of hydrogen-bond donors (Lipinski definition) is 3. The topological polar surface area (TPSA) is 87.7 Å². The van der Waals surface area contributed by atoms with Crippen LogP contribution in [0.25, 0.3) is 0 Å². The second-order valence-corrected chi connectivity index (χ2v) is 4.22. The van der Waals surface area contributed by atoms with E-state index in [0.29, 0.717) is 32.7 Å². The van der Waals surface area contributed by atoms with Crippen LogP contribution in [-0.4, -0.2) is 43.4 Å². The van der Waals surface area contributed by atoms with Crippen molar-refractivity contribution in [2.75, 3.05) is 26.3 Å². The number of amides is 2. The fourth-order valence-electron chi connectivity index (χ4n) is 1.32. The summed E-state index contributed by atoms with van der Waals surface area (Å²) in [5.74, 6) is -0.641. The van der Waals surface area contributed by atoms with Crippen LogP contribution in [0, 0.1) is 5.92 Å². The molecular formula is C12H24N2O4. The van der Waals surface area contributed by atoms with Crippen LogP contribution in [0.3, 0.4) is 0 Å². The van der Waals surface area contributed by atoms with Gasteiger partial charge in [-0.2, -0.15) is 0 Å². The maximum Gasteiger partial charge on any atom is 0.314 e. The minimum absolute atomic E-state index is 0.138. The summed E-state index contributed by atoms with van der Waals surface area (Å²) in [4.78, 5) is 21.7. The fraction of sp³-hybridized carbons (Fsp3) is 0.833. The Morgan fingerprint density at radius 3 is 2.67 bits per heavy atom. The van der Waals surface area contributed by atoms with Gasteiger partial charge in [-0.15, -0.1) is 0 Å². The molecule has 1 atom stereocenters. The van der Waals surface area contributed by atoms with Crippen molar-refractivity contribution in [1.82, 2.24) is 10.6 Å². The first-order valence-corrected chi connectivity index (χ1v) is 6.37. The van der Waals surface area contributed by atoms with Crippen molar-refractivity contribution >= 4 is 12.0 Å². The lowest BCUT2D eigenvalue weighted by atomic mass is 10.1. The third kappa shape index (κ3) is 11.2. The molecule has 0 bridgehead atoms. The van der Waals surface area contributed by atoms with E-state index in [1.807, 2.05) is 13.8 Å². The highest BCUT2D eigenvalue weighted by Gasteiger charge is 2.07. The smallest absolute Gasteiger partial charge is 0.314 e. The van der Waals surface area contributed by atoms with Gasteiger partial charge in [0.1, 0.15) is 0 Å². The van der Waals surface area contributed by atoms with Crippen molar-refractivity contribution in [2.24, 2.45) is 5.92 Å². The molecular weight excluding hydrogens is 236 g/mol. The average molecular weight is 260 g/mol. The summed E-state index contributed by atoms with van der Waals surface area (Å²) in [5, 5.41) is 13.9. The Balaban J connectivity index is 3.43. The number of aliphatic carboxylic acids is 1. The van der Waals surface area contributed by atoms with Crippen LogP contribution in [0.4, 0.5) is 4.79 Å². The molecule has 0 fully saturated rings. The highest BCUT2D eigenvalue weighted by Crippen LogP contribution is 2.03. The lowest BCUT2D eigenvalue weighted by Gasteiger charge is -2.12. The van der Waals surface area contributed by atoms with Gasteiger partial charge in [0.15, 0.2) is 0 Å². The fourth-order valence-corrected chi connectivity index (χ4v) is 1.32. The largest absolute Gasteiger partial charge is 0.481 e. The van der Waals surface area contributed by atoms with Crippen LogP contribution in [0.2, 0.25) is 0 Å². The first-order chi connectivity index (χ1) is 8.56. The predicted molar refractivity (Wildman–Crippen MR) is 68.5 cm³/mol. The van der Waals surface area contributed by atoms with Gasteiger partial charge in [-0.05, 0) is 25.7 Å². The van der Waals surface area contributed by atoms with Crippen molar-refractivity contribution in [1.29, 1.82) is 0 Å². The molecule has 0 aliphatic rings. The maximum atomic E-state index is 11.3. The molecule has 0 heterocycles. The molecule has 18 heavy (non-hydrogen) atoms. The van der Waals surface area contributed by atoms with Crippen LogP contribution >= 0.6 is 0 Å². The van der Waals surface area contributed by atoms with Crippen molar-refractivity contribution in [3.63, 3.8) is 0 Å². The number of rotatable bonds is 10. The van der Waals surface area contributed by atoms with E-state index in [0.717, 1.165) is 6.42 Å². The standard InChI is InChI=1S/C12H24N2O4/c1-3-18-8-4-7-13-12(17)14-9-10(2)5-6-11(15)16/h10H,3-9H2,1-2H3,(H,15,16)(H2,13,14,17). The molecule has 0 saturated carbocycles. The normalized spacial score (nSPS) is 11.9. The number of urea groups is 1. The van der Waals surface area contributed by atoms with Gasteiger partial charge in [0.05, 0.1) is 0 Å². The van der Waals surface area contributed by atoms with Gasteiger partial charge >= 0.3 is 12.0 Å². The summed E-state index contributed by atoms with van der Waals surface area (Å²) < 4.78 is 5.14. The molecule has 6 nitrogen and oxygen atoms in total. The van der Waals surface area contributed by atoms with E-state index in [2.05, 4.69) is 10.6 Å². The lowest BCUT2D eigenvalue weighted by Crippen LogP contribution is -2.38. The number of carboxylic acid groups (broad SMARTS) is 1. The van der Waals surface area contributed by atoms with Crippen molar-refractivity contribution < 1.29 is 19.4 Å². The van der Waals surface area contributed by atoms with Crippen molar-refractivity contribution in [3.8, 4) is 0 Å². The molecule has 0 radical (unpaired) electrons. The Morgan fingerprint density at radius 2 is 2.06 bits per heavy atom. The Labute approximate surface area is 108 Å². The Hall–Kier alpha value is -1.30. The molecule has 0 aromatic heterocycles. The van der Waals surface area contributed by atoms with Crippen LogP contribution in [0.5, 0.6) is 0 Å². The first-order valence-electron chi connectivity index (χ1n) is 6.37. The molecule has 106 valence electrons. The number of hydrogen-bond acceptors (Lipinski definition) is 3. The molecule has 0 aromatic rings. The van der Waals surface area contributed by atoms with Crippen LogP contribution in [0.1, 0.15) is 33.1 Å². The zero-order valence-electron chi connectivity index (χ0n) is 11.2. The van der Waals surface area contributed by atoms with E-state index < -0.39 is 5.97 Å². The van der Waals surface area contributed by atoms with Crippen LogP contribution in [-0.2, 0) is 9.53 Å². The SMILES string of the molecule is CCOCCCNC(=O)NCC(C)CCC(=O)O. The van der Waals surface area contributed by atoms with E-state index in [1.54, 1.807) is 0 Å². The molecule has 0 aromatic carbocycles. The van der Waals surface area contributed by atoms with E-state index >= 15 is 0 Å². The molecule has 1 unspecified atom stereocenters. The zero-order chi connectivity index (χ0) is 13.8. The summed E-state index contributed by atoms with van der Waals surface area (Å²) in [6, 6.07) is -0.214. The van der Waals surface area contributed by atoms with Gasteiger partial charge in [0.25, 0.3) is 0 Å². The Morgan fingerprint density at radius 1 is 1.33 bits per heavy atom. The summed E-state index contributed by atoms with van der Waals surface area (Å²) in [6.45, 7) is 6.25. The van der Waals surface area contributed by atoms with E-state index in [4.69, 9.17) is 9.84 Å². The van der Waals surface area contributed by atoms with E-state index in [-0.39, 0.29) is 18.4 Å². The number of ether oxygens (including phenoxy) is 1. The third-order valence-corrected chi connectivity index (χ3v) is 2.42. The van der Waals surface area contributed by atoms with Crippen molar-refractivity contribution in [3.05, 3.63) is 0 Å². The quantitative estimate of drug-likeness (QED) is 0.515. The highest BCUT2D eigenvalue weighted by atomic mass is 16.5. The predicted octanol–water partition coefficient (Wildman–Crippen LogP) is 1.21. The molecule has 0 rings (SSSR count). The molecule has 0 aliphatic carbocycles. The lowest BCUT2D eigenvalue weighted by molar-refractivity contribution is -0.137. The Bertz CT molecular complexity index is 246. The zero-order valence-corrected chi connectivity index (χ0v) is 11.2. The molecule has 3 N–H and O–H groups in total. The number of carboxylic acids is 1. The van der Waals surface area contributed by atoms with E-state index in [1.165, 1.54) is 0 Å². The molecule has 0 saturated heterocycles. The van der Waals surface area contributed by atoms with E-state index in [9.17, 15) is 9.59 Å². The number of nitrogens with one attached hydrogen (secondary N) is 2. The van der Waals surface area contributed by atoms with Gasteiger partial charge in [-0.3, -0.25) is 4.79 Å². The third-order valence-electron chi connectivity index (χ3n) is 2.42. The second kappa shape index (κ2) is 10.8.